The molecule has 7 heteroatoms. The van der Waals surface area contributed by atoms with Gasteiger partial charge in [-0.2, -0.15) is 4.31 Å². The minimum atomic E-state index is -3.51. The summed E-state index contributed by atoms with van der Waals surface area (Å²) in [6, 6.07) is 9.40. The maximum Gasteiger partial charge on any atom is 0.243 e. The number of hydrogen-bond donors (Lipinski definition) is 2. The number of aryl methyl sites for hydroxylation is 1. The molecule has 1 saturated heterocycles. The first-order chi connectivity index (χ1) is 16.1. The molecule has 2 N–H and O–H groups in total. The van der Waals surface area contributed by atoms with Crippen molar-refractivity contribution in [2.24, 2.45) is 0 Å². The lowest BCUT2D eigenvalue weighted by atomic mass is 9.88. The summed E-state index contributed by atoms with van der Waals surface area (Å²) in [5, 5.41) is 14.5. The van der Waals surface area contributed by atoms with Gasteiger partial charge in [-0.15, -0.1) is 0 Å². The second kappa shape index (κ2) is 11.0. The number of hydrogen-bond acceptors (Lipinski definition) is 5. The van der Waals surface area contributed by atoms with E-state index in [1.54, 1.807) is 12.1 Å². The molecule has 1 fully saturated rings. The molecular weight excluding hydrogens is 446 g/mol. The van der Waals surface area contributed by atoms with Crippen molar-refractivity contribution in [1.29, 1.82) is 0 Å². The monoisotopic (exact) mass is 485 g/mol. The number of sulfonamides is 1. The molecule has 1 unspecified atom stereocenters. The zero-order chi connectivity index (χ0) is 25.0. The van der Waals surface area contributed by atoms with Gasteiger partial charge < -0.3 is 10.4 Å². The highest BCUT2D eigenvalue weighted by Crippen LogP contribution is 2.38. The predicted octanol–water partition coefficient (Wildman–Crippen LogP) is 4.15. The van der Waals surface area contributed by atoms with E-state index in [0.29, 0.717) is 30.2 Å². The molecule has 3 rings (SSSR count). The molecule has 1 heterocycles. The Labute approximate surface area is 205 Å². The first-order valence-electron chi connectivity index (χ1n) is 12.1. The van der Waals surface area contributed by atoms with E-state index >= 15 is 0 Å². The van der Waals surface area contributed by atoms with Crippen molar-refractivity contribution in [3.63, 3.8) is 0 Å². The van der Waals surface area contributed by atoms with E-state index in [0.717, 1.165) is 59.6 Å². The van der Waals surface area contributed by atoms with Crippen molar-refractivity contribution < 1.29 is 13.5 Å². The molecule has 0 aromatic heterocycles. The second-order valence-electron chi connectivity index (χ2n) is 9.22. The topological polar surface area (TPSA) is 72.9 Å². The fourth-order valence-electron chi connectivity index (χ4n) is 4.85. The van der Waals surface area contributed by atoms with Crippen LogP contribution in [0.2, 0.25) is 0 Å². The van der Waals surface area contributed by atoms with Crippen molar-refractivity contribution in [3.8, 4) is 5.75 Å². The highest BCUT2D eigenvalue weighted by molar-refractivity contribution is 7.89. The van der Waals surface area contributed by atoms with Crippen LogP contribution < -0.4 is 5.32 Å². The lowest BCUT2D eigenvalue weighted by Crippen LogP contribution is -2.45. The Morgan fingerprint density at radius 3 is 2.26 bits per heavy atom. The molecule has 0 spiro atoms. The summed E-state index contributed by atoms with van der Waals surface area (Å²) in [6.45, 7) is 18.1. The Morgan fingerprint density at radius 2 is 1.74 bits per heavy atom. The zero-order valence-corrected chi connectivity index (χ0v) is 22.0. The number of phenolic OH excluding ortho intramolecular Hbond substituents is 1. The van der Waals surface area contributed by atoms with Gasteiger partial charge in [0.15, 0.2) is 0 Å². The molecule has 1 aliphatic rings. The van der Waals surface area contributed by atoms with Crippen LogP contribution in [0, 0.1) is 13.8 Å². The van der Waals surface area contributed by atoms with Gasteiger partial charge in [-0.1, -0.05) is 44.2 Å². The highest BCUT2D eigenvalue weighted by atomic mass is 32.2. The van der Waals surface area contributed by atoms with Gasteiger partial charge in [-0.3, -0.25) is 4.90 Å². The largest absolute Gasteiger partial charge is 0.507 e. The van der Waals surface area contributed by atoms with Crippen LogP contribution >= 0.6 is 0 Å². The molecule has 0 radical (unpaired) electrons. The third-order valence-electron chi connectivity index (χ3n) is 6.75. The summed E-state index contributed by atoms with van der Waals surface area (Å²) in [5.74, 6) is 0.332. The summed E-state index contributed by atoms with van der Waals surface area (Å²) < 4.78 is 27.4. The Kier molecular flexibility index (Phi) is 8.57. The number of phenols is 1. The van der Waals surface area contributed by atoms with Crippen LogP contribution in [0.25, 0.3) is 0 Å². The normalized spacial score (nSPS) is 16.1. The summed E-state index contributed by atoms with van der Waals surface area (Å²) >= 11 is 0. The average molecular weight is 486 g/mol. The van der Waals surface area contributed by atoms with Crippen LogP contribution in [0.3, 0.4) is 0 Å². The molecule has 2 aromatic rings. The number of rotatable bonds is 9. The van der Waals surface area contributed by atoms with E-state index in [2.05, 4.69) is 22.9 Å². The van der Waals surface area contributed by atoms with Gasteiger partial charge in [0.25, 0.3) is 0 Å². The molecule has 2 aromatic carbocycles. The summed E-state index contributed by atoms with van der Waals surface area (Å²) in [5.41, 5.74) is 5.92. The minimum Gasteiger partial charge on any atom is -0.507 e. The smallest absolute Gasteiger partial charge is 0.243 e. The lowest BCUT2D eigenvalue weighted by molar-refractivity contribution is 0.197. The maximum absolute atomic E-state index is 13.0. The van der Waals surface area contributed by atoms with Crippen LogP contribution in [-0.2, 0) is 16.4 Å². The second-order valence-corrected chi connectivity index (χ2v) is 11.2. The molecule has 1 aliphatic heterocycles. The first-order valence-corrected chi connectivity index (χ1v) is 13.6. The molecule has 0 amide bonds. The Morgan fingerprint density at radius 1 is 1.15 bits per heavy atom. The zero-order valence-electron chi connectivity index (χ0n) is 21.2. The van der Waals surface area contributed by atoms with Crippen molar-refractivity contribution in [2.45, 2.75) is 52.0 Å². The molecule has 34 heavy (non-hydrogen) atoms. The van der Waals surface area contributed by atoms with E-state index in [1.165, 1.54) is 4.31 Å². The minimum absolute atomic E-state index is 0.0733. The number of nitrogens with one attached hydrogen (secondary N) is 1. The summed E-state index contributed by atoms with van der Waals surface area (Å²) in [6.07, 6.45) is 0.648. The van der Waals surface area contributed by atoms with Gasteiger partial charge in [-0.05, 0) is 61.6 Å². The van der Waals surface area contributed by atoms with E-state index in [-0.39, 0.29) is 6.04 Å². The summed E-state index contributed by atoms with van der Waals surface area (Å²) in [7, 11) is -3.51. The van der Waals surface area contributed by atoms with Crippen LogP contribution in [0.1, 0.15) is 54.6 Å². The lowest BCUT2D eigenvalue weighted by Gasteiger charge is -2.37. The molecule has 0 bridgehead atoms. The third-order valence-corrected chi connectivity index (χ3v) is 8.82. The highest BCUT2D eigenvalue weighted by Gasteiger charge is 2.28. The number of nitrogens with zero attached hydrogens (tertiary/aromatic N) is 2. The number of benzene rings is 2. The first kappa shape index (κ1) is 26.4. The Balaban J connectivity index is 2.09. The molecular formula is C27H39N3O3S. The van der Waals surface area contributed by atoms with Gasteiger partial charge in [0.2, 0.25) is 10.0 Å². The number of aromatic hydroxyl groups is 1. The van der Waals surface area contributed by atoms with Gasteiger partial charge in [0.1, 0.15) is 5.75 Å². The number of allylic oxidation sites excluding steroid dienone is 1. The number of piperazine rings is 1. The molecule has 1 atom stereocenters. The maximum atomic E-state index is 13.0. The fourth-order valence-corrected chi connectivity index (χ4v) is 6.31. The van der Waals surface area contributed by atoms with Crippen LogP contribution in [-0.4, -0.2) is 62.0 Å². The average Bonchev–Trinajstić information content (AvgIpc) is 2.81. The van der Waals surface area contributed by atoms with E-state index in [9.17, 15) is 13.5 Å². The Bertz CT molecular complexity index is 1120. The van der Waals surface area contributed by atoms with Crippen molar-refractivity contribution in [3.05, 3.63) is 70.3 Å². The SMILES string of the molecule is C=C(C)Cc1c(C)cc(C(c2ccc(S(=O)(=O)N(CC)CC)cc2)N2CCNCC2)c(C)c1O. The van der Waals surface area contributed by atoms with E-state index in [4.69, 9.17) is 0 Å². The Hall–Kier alpha value is -2.19. The third kappa shape index (κ3) is 5.38. The molecule has 0 aliphatic carbocycles. The van der Waals surface area contributed by atoms with Crippen LogP contribution in [0.15, 0.2) is 47.4 Å². The van der Waals surface area contributed by atoms with Crippen LogP contribution in [0.5, 0.6) is 5.75 Å². The van der Waals surface area contributed by atoms with Gasteiger partial charge in [-0.25, -0.2) is 8.42 Å². The van der Waals surface area contributed by atoms with Crippen LogP contribution in [0.4, 0.5) is 0 Å². The van der Waals surface area contributed by atoms with Crippen molar-refractivity contribution >= 4 is 10.0 Å². The van der Waals surface area contributed by atoms with E-state index in [1.807, 2.05) is 46.8 Å². The van der Waals surface area contributed by atoms with Crippen molar-refractivity contribution in [2.75, 3.05) is 39.3 Å². The molecule has 0 saturated carbocycles. The van der Waals surface area contributed by atoms with Gasteiger partial charge in [0, 0.05) is 44.8 Å². The van der Waals surface area contributed by atoms with E-state index < -0.39 is 10.0 Å². The van der Waals surface area contributed by atoms with Gasteiger partial charge in [0.05, 0.1) is 10.9 Å². The standard InChI is InChI=1S/C27H39N3O3S/c1-7-30(8-2)34(32,33)23-11-9-22(10-12-23)26(29-15-13-28-14-16-29)25-18-20(5)24(17-19(3)4)27(31)21(25)6/h9-12,18,26,28,31H,3,7-8,13-17H2,1-2,4-6H3. The van der Waals surface area contributed by atoms with Gasteiger partial charge >= 0.3 is 0 Å². The summed E-state index contributed by atoms with van der Waals surface area (Å²) in [4.78, 5) is 2.72. The molecule has 186 valence electrons. The predicted molar refractivity (Wildman–Crippen MR) is 139 cm³/mol. The van der Waals surface area contributed by atoms with Crippen molar-refractivity contribution in [1.82, 2.24) is 14.5 Å². The quantitative estimate of drug-likeness (QED) is 0.522. The fraction of sp³-hybridized carbons (Fsp3) is 0.481. The molecule has 6 nitrogen and oxygen atoms in total.